The third-order valence-electron chi connectivity index (χ3n) is 4.12. The van der Waals surface area contributed by atoms with Crippen LogP contribution < -0.4 is 0 Å². The molecule has 0 spiro atoms. The highest BCUT2D eigenvalue weighted by atomic mass is 35.5. The molecular weight excluding hydrogens is 377 g/mol. The summed E-state index contributed by atoms with van der Waals surface area (Å²) in [6.07, 6.45) is 0.170. The average Bonchev–Trinajstić information content (AvgIpc) is 2.93. The third kappa shape index (κ3) is 4.95. The minimum Gasteiger partial charge on any atom is -0.469 e. The number of hydrogen-bond donors (Lipinski definition) is 0. The number of nitrogens with zero attached hydrogens (tertiary/aromatic N) is 1. The van der Waals surface area contributed by atoms with Crippen molar-refractivity contribution < 1.29 is 28.2 Å². The first-order chi connectivity index (χ1) is 12.7. The van der Waals surface area contributed by atoms with Crippen molar-refractivity contribution in [1.82, 2.24) is 4.57 Å². The van der Waals surface area contributed by atoms with Gasteiger partial charge in [0.1, 0.15) is 5.82 Å². The number of esters is 2. The van der Waals surface area contributed by atoms with Gasteiger partial charge in [-0.2, -0.15) is 0 Å². The maximum absolute atomic E-state index is 13.7. The Balaban J connectivity index is 2.07. The second kappa shape index (κ2) is 8.81. The van der Waals surface area contributed by atoms with Crippen molar-refractivity contribution in [3.05, 3.63) is 57.6 Å². The van der Waals surface area contributed by atoms with Gasteiger partial charge in [0.2, 0.25) is 5.78 Å². The first-order valence-corrected chi connectivity index (χ1v) is 8.51. The van der Waals surface area contributed by atoms with E-state index in [2.05, 4.69) is 4.74 Å². The Kier molecular flexibility index (Phi) is 6.74. The van der Waals surface area contributed by atoms with E-state index >= 15 is 0 Å². The molecule has 0 amide bonds. The molecule has 0 N–H and O–H groups in total. The molecule has 0 aliphatic heterocycles. The van der Waals surface area contributed by atoms with Crippen LogP contribution in [0.3, 0.4) is 0 Å². The van der Waals surface area contributed by atoms with E-state index in [-0.39, 0.29) is 23.0 Å². The van der Waals surface area contributed by atoms with E-state index in [0.717, 1.165) is 17.8 Å². The number of Topliss-reactive ketones (excluding diaryl/α,β-unsaturated/α-hetero) is 1. The van der Waals surface area contributed by atoms with Crippen LogP contribution in [0.25, 0.3) is 0 Å². The number of halogens is 2. The molecule has 0 atom stereocenters. The molecule has 0 fully saturated rings. The molecule has 0 saturated carbocycles. The van der Waals surface area contributed by atoms with E-state index in [4.69, 9.17) is 16.3 Å². The van der Waals surface area contributed by atoms with Crippen molar-refractivity contribution in [3.8, 4) is 0 Å². The van der Waals surface area contributed by atoms with Crippen LogP contribution in [0, 0.1) is 19.7 Å². The number of rotatable bonds is 7. The fourth-order valence-electron chi connectivity index (χ4n) is 2.67. The number of carbonyl (C=O) groups is 3. The number of hydrogen-bond acceptors (Lipinski definition) is 5. The predicted molar refractivity (Wildman–Crippen MR) is 96.6 cm³/mol. The summed E-state index contributed by atoms with van der Waals surface area (Å²) in [5.74, 6) is -2.53. The first kappa shape index (κ1) is 20.6. The van der Waals surface area contributed by atoms with Gasteiger partial charge < -0.3 is 14.0 Å². The molecule has 2 rings (SSSR count). The molecule has 6 nitrogen and oxygen atoms in total. The number of benzene rings is 1. The standard InChI is InChI=1S/C19H19ClFNO5/c1-11-8-14(12(2)22(11)7-6-18(24)26-3)17(23)10-27-19(25)15-9-13(20)4-5-16(15)21/h4-5,8-9H,6-7,10H2,1-3H3. The molecule has 0 saturated heterocycles. The summed E-state index contributed by atoms with van der Waals surface area (Å²) in [7, 11) is 1.31. The normalized spacial score (nSPS) is 10.6. The molecule has 0 radical (unpaired) electrons. The lowest BCUT2D eigenvalue weighted by Gasteiger charge is -2.09. The lowest BCUT2D eigenvalue weighted by Crippen LogP contribution is -2.16. The first-order valence-electron chi connectivity index (χ1n) is 8.13. The van der Waals surface area contributed by atoms with Crippen molar-refractivity contribution in [2.24, 2.45) is 0 Å². The van der Waals surface area contributed by atoms with E-state index in [0.29, 0.717) is 17.8 Å². The monoisotopic (exact) mass is 395 g/mol. The van der Waals surface area contributed by atoms with Crippen molar-refractivity contribution in [1.29, 1.82) is 0 Å². The minimum absolute atomic E-state index is 0.170. The highest BCUT2D eigenvalue weighted by Crippen LogP contribution is 2.18. The number of aryl methyl sites for hydroxylation is 1. The highest BCUT2D eigenvalue weighted by molar-refractivity contribution is 6.30. The van der Waals surface area contributed by atoms with Crippen molar-refractivity contribution in [2.75, 3.05) is 13.7 Å². The molecule has 0 unspecified atom stereocenters. The van der Waals surface area contributed by atoms with Crippen LogP contribution in [-0.2, 0) is 20.8 Å². The zero-order valence-electron chi connectivity index (χ0n) is 15.2. The molecule has 1 aromatic heterocycles. The number of carbonyl (C=O) groups excluding carboxylic acids is 3. The molecule has 0 aliphatic carbocycles. The third-order valence-corrected chi connectivity index (χ3v) is 4.36. The molecule has 144 valence electrons. The SMILES string of the molecule is COC(=O)CCn1c(C)cc(C(=O)COC(=O)c2cc(Cl)ccc2F)c1C. The molecule has 1 heterocycles. The maximum Gasteiger partial charge on any atom is 0.341 e. The number of ketones is 1. The lowest BCUT2D eigenvalue weighted by molar-refractivity contribution is -0.140. The summed E-state index contributed by atoms with van der Waals surface area (Å²) in [5.41, 5.74) is 1.47. The highest BCUT2D eigenvalue weighted by Gasteiger charge is 2.20. The second-order valence-electron chi connectivity index (χ2n) is 5.89. The van der Waals surface area contributed by atoms with Gasteiger partial charge in [0, 0.05) is 28.5 Å². The number of aromatic nitrogens is 1. The van der Waals surface area contributed by atoms with Crippen molar-refractivity contribution in [3.63, 3.8) is 0 Å². The van der Waals surface area contributed by atoms with Gasteiger partial charge in [-0.1, -0.05) is 11.6 Å². The topological polar surface area (TPSA) is 74.6 Å². The summed E-state index contributed by atoms with van der Waals surface area (Å²) in [4.78, 5) is 35.7. The Labute approximate surface area is 160 Å². The minimum atomic E-state index is -0.970. The average molecular weight is 396 g/mol. The summed E-state index contributed by atoms with van der Waals surface area (Å²) < 4.78 is 25.0. The number of methoxy groups -OCH3 is 1. The van der Waals surface area contributed by atoms with E-state index < -0.39 is 24.2 Å². The van der Waals surface area contributed by atoms with E-state index in [1.165, 1.54) is 13.2 Å². The zero-order chi connectivity index (χ0) is 20.1. The Hall–Kier alpha value is -2.67. The van der Waals surface area contributed by atoms with Crippen LogP contribution in [-0.4, -0.2) is 36.0 Å². The van der Waals surface area contributed by atoms with Crippen LogP contribution in [0.2, 0.25) is 5.02 Å². The van der Waals surface area contributed by atoms with Crippen molar-refractivity contribution in [2.45, 2.75) is 26.8 Å². The second-order valence-corrected chi connectivity index (χ2v) is 6.32. The van der Waals surface area contributed by atoms with Gasteiger partial charge in [-0.25, -0.2) is 9.18 Å². The Morgan fingerprint density at radius 1 is 1.15 bits per heavy atom. The van der Waals surface area contributed by atoms with Gasteiger partial charge in [0.25, 0.3) is 0 Å². The maximum atomic E-state index is 13.7. The Morgan fingerprint density at radius 2 is 1.85 bits per heavy atom. The Bertz CT molecular complexity index is 890. The van der Waals surface area contributed by atoms with E-state index in [9.17, 15) is 18.8 Å². The van der Waals surface area contributed by atoms with Crippen LogP contribution in [0.5, 0.6) is 0 Å². The van der Waals surface area contributed by atoms with E-state index in [1.54, 1.807) is 19.9 Å². The fourth-order valence-corrected chi connectivity index (χ4v) is 2.85. The lowest BCUT2D eigenvalue weighted by atomic mass is 10.1. The van der Waals surface area contributed by atoms with E-state index in [1.807, 2.05) is 4.57 Å². The van der Waals surface area contributed by atoms with Crippen LogP contribution in [0.1, 0.15) is 38.5 Å². The molecule has 2 aromatic rings. The van der Waals surface area contributed by atoms with Gasteiger partial charge in [-0.05, 0) is 38.1 Å². The predicted octanol–water partition coefficient (Wildman–Crippen LogP) is 3.50. The smallest absolute Gasteiger partial charge is 0.341 e. The van der Waals surface area contributed by atoms with Gasteiger partial charge in [0.05, 0.1) is 19.1 Å². The molecular formula is C19H19ClFNO5. The fraction of sp³-hybridized carbons (Fsp3) is 0.316. The van der Waals surface area contributed by atoms with Crippen LogP contribution in [0.15, 0.2) is 24.3 Å². The van der Waals surface area contributed by atoms with Gasteiger partial charge in [-0.15, -0.1) is 0 Å². The molecule has 8 heteroatoms. The Morgan fingerprint density at radius 3 is 2.52 bits per heavy atom. The molecule has 0 bridgehead atoms. The molecule has 27 heavy (non-hydrogen) atoms. The van der Waals surface area contributed by atoms with Gasteiger partial charge in [-0.3, -0.25) is 9.59 Å². The number of ether oxygens (including phenoxy) is 2. The summed E-state index contributed by atoms with van der Waals surface area (Å²) in [5, 5.41) is 0.184. The molecule has 0 aliphatic rings. The van der Waals surface area contributed by atoms with Gasteiger partial charge in [0.15, 0.2) is 6.61 Å². The van der Waals surface area contributed by atoms with Crippen molar-refractivity contribution >= 4 is 29.3 Å². The largest absolute Gasteiger partial charge is 0.469 e. The van der Waals surface area contributed by atoms with Crippen LogP contribution >= 0.6 is 11.6 Å². The summed E-state index contributed by atoms with van der Waals surface area (Å²) >= 11 is 5.75. The van der Waals surface area contributed by atoms with Gasteiger partial charge >= 0.3 is 11.9 Å². The summed E-state index contributed by atoms with van der Waals surface area (Å²) in [6.45, 7) is 3.36. The summed E-state index contributed by atoms with van der Waals surface area (Å²) in [6, 6.07) is 5.16. The van der Waals surface area contributed by atoms with Crippen LogP contribution in [0.4, 0.5) is 4.39 Å². The zero-order valence-corrected chi connectivity index (χ0v) is 15.9. The molecule has 1 aromatic carbocycles. The quantitative estimate of drug-likeness (QED) is 0.530.